The monoisotopic (exact) mass is 544 g/mol. The summed E-state index contributed by atoms with van der Waals surface area (Å²) >= 11 is 0. The number of nitrogens with zero attached hydrogens (tertiary/aromatic N) is 4. The van der Waals surface area contributed by atoms with E-state index in [4.69, 9.17) is 0 Å². The number of aromatic nitrogens is 3. The van der Waals surface area contributed by atoms with Gasteiger partial charge in [0.1, 0.15) is 24.8 Å². The lowest BCUT2D eigenvalue weighted by Gasteiger charge is -2.30. The fourth-order valence-corrected chi connectivity index (χ4v) is 4.10. The molecule has 0 amide bonds. The normalized spacial score (nSPS) is 18.7. The van der Waals surface area contributed by atoms with E-state index in [9.17, 15) is 26.7 Å². The van der Waals surface area contributed by atoms with Crippen molar-refractivity contribution in [2.75, 3.05) is 37.4 Å². The van der Waals surface area contributed by atoms with Crippen LogP contribution in [0, 0.1) is 0 Å². The molecule has 0 aromatic carbocycles. The van der Waals surface area contributed by atoms with Crippen LogP contribution in [-0.2, 0) is 16.1 Å². The van der Waals surface area contributed by atoms with Crippen LogP contribution in [-0.4, -0.2) is 77.1 Å². The van der Waals surface area contributed by atoms with Crippen LogP contribution in [0.25, 0.3) is 11.3 Å². The van der Waals surface area contributed by atoms with Gasteiger partial charge in [0.15, 0.2) is 0 Å². The molecule has 2 aromatic rings. The number of hydrogen-bond donors (Lipinski definition) is 2. The number of pyridine rings is 1. The molecule has 38 heavy (non-hydrogen) atoms. The van der Waals surface area contributed by atoms with Gasteiger partial charge in [-0.15, -0.1) is 0 Å². The Morgan fingerprint density at radius 3 is 2.63 bits per heavy atom. The maximum Gasteiger partial charge on any atom is 0.490 e. The number of carbonyl (C=O) groups excluding carboxylic acids is 1. The highest BCUT2D eigenvalue weighted by Crippen LogP contribution is 2.31. The summed E-state index contributed by atoms with van der Waals surface area (Å²) < 4.78 is 68.6. The molecule has 1 atom stereocenters. The third-order valence-electron chi connectivity index (χ3n) is 6.25. The Labute approximate surface area is 218 Å². The zero-order valence-corrected chi connectivity index (χ0v) is 21.4. The minimum Gasteiger partial charge on any atom is -0.456 e. The van der Waals surface area contributed by atoms with Gasteiger partial charge >= 0.3 is 12.1 Å². The van der Waals surface area contributed by atoms with Gasteiger partial charge in [-0.2, -0.15) is 18.2 Å². The molecule has 13 heteroatoms. The number of rotatable bonds is 12. The zero-order valence-electron chi connectivity index (χ0n) is 21.4. The zero-order chi connectivity index (χ0) is 27.7. The SMILES string of the molecule is CC[C@H](F)CNc1ncc(-c2cc(CN(C)CCF)ccn2)c(NC2CCC(OC(=O)C(F)(F)F)CC2)n1. The van der Waals surface area contributed by atoms with Crippen LogP contribution in [0.1, 0.15) is 44.6 Å². The molecule has 8 nitrogen and oxygen atoms in total. The molecule has 0 spiro atoms. The third kappa shape index (κ3) is 8.74. The van der Waals surface area contributed by atoms with E-state index in [1.54, 1.807) is 19.3 Å². The van der Waals surface area contributed by atoms with Gasteiger partial charge in [-0.25, -0.2) is 18.6 Å². The van der Waals surface area contributed by atoms with E-state index in [-0.39, 0.29) is 31.4 Å². The van der Waals surface area contributed by atoms with Crippen LogP contribution in [0.3, 0.4) is 0 Å². The summed E-state index contributed by atoms with van der Waals surface area (Å²) in [6.07, 6.45) is -1.91. The second-order valence-electron chi connectivity index (χ2n) is 9.34. The number of anilines is 2. The largest absolute Gasteiger partial charge is 0.490 e. The van der Waals surface area contributed by atoms with Crippen molar-refractivity contribution >= 4 is 17.7 Å². The number of esters is 1. The summed E-state index contributed by atoms with van der Waals surface area (Å²) in [6.45, 7) is 2.12. The van der Waals surface area contributed by atoms with Gasteiger partial charge in [0.2, 0.25) is 5.95 Å². The van der Waals surface area contributed by atoms with E-state index < -0.39 is 31.1 Å². The second kappa shape index (κ2) is 13.6. The predicted octanol–water partition coefficient (Wildman–Crippen LogP) is 4.93. The van der Waals surface area contributed by atoms with Gasteiger partial charge in [-0.1, -0.05) is 6.92 Å². The molecule has 0 bridgehead atoms. The smallest absolute Gasteiger partial charge is 0.456 e. The summed E-state index contributed by atoms with van der Waals surface area (Å²) in [5.74, 6) is -1.52. The summed E-state index contributed by atoms with van der Waals surface area (Å²) in [5, 5.41) is 6.21. The topological polar surface area (TPSA) is 92.3 Å². The standard InChI is InChI=1S/C25H33F5N6O2/c1-3-17(27)13-32-24-33-14-20(21-12-16(8-10-31-21)15-36(2)11-9-26)22(35-24)34-18-4-6-19(7-5-18)38-23(37)25(28,29)30/h8,10,12,14,17-19H,3-7,9,11,13,15H2,1-2H3,(H2,32,33,34,35)/t17-,18?,19?/m0/s1. The summed E-state index contributed by atoms with van der Waals surface area (Å²) in [5.41, 5.74) is 2.08. The molecule has 1 aliphatic rings. The summed E-state index contributed by atoms with van der Waals surface area (Å²) in [7, 11) is 1.81. The van der Waals surface area contributed by atoms with Crippen molar-refractivity contribution in [1.82, 2.24) is 19.9 Å². The van der Waals surface area contributed by atoms with Crippen molar-refractivity contribution < 1.29 is 31.5 Å². The molecule has 0 radical (unpaired) electrons. The van der Waals surface area contributed by atoms with Crippen LogP contribution in [0.15, 0.2) is 24.5 Å². The number of alkyl halides is 5. The fraction of sp³-hybridized carbons (Fsp3) is 0.600. The number of hydrogen-bond acceptors (Lipinski definition) is 8. The van der Waals surface area contributed by atoms with E-state index in [1.807, 2.05) is 24.1 Å². The minimum absolute atomic E-state index is 0.0413. The Kier molecular flexibility index (Phi) is 10.6. The summed E-state index contributed by atoms with van der Waals surface area (Å²) in [6, 6.07) is 3.53. The van der Waals surface area contributed by atoms with Crippen LogP contribution in [0.5, 0.6) is 0 Å². The van der Waals surface area contributed by atoms with E-state index in [1.165, 1.54) is 0 Å². The maximum atomic E-state index is 13.8. The van der Waals surface area contributed by atoms with Gasteiger partial charge in [0.25, 0.3) is 0 Å². The van der Waals surface area contributed by atoms with Gasteiger partial charge in [-0.3, -0.25) is 9.88 Å². The van der Waals surface area contributed by atoms with Gasteiger partial charge in [-0.05, 0) is 56.8 Å². The van der Waals surface area contributed by atoms with E-state index in [0.717, 1.165) is 5.56 Å². The molecular formula is C25H33F5N6O2. The first kappa shape index (κ1) is 29.5. The summed E-state index contributed by atoms with van der Waals surface area (Å²) in [4.78, 5) is 26.3. The average Bonchev–Trinajstić information content (AvgIpc) is 2.88. The lowest BCUT2D eigenvalue weighted by Crippen LogP contribution is -2.35. The molecule has 210 valence electrons. The van der Waals surface area contributed by atoms with E-state index in [0.29, 0.717) is 49.4 Å². The minimum atomic E-state index is -5.02. The number of carbonyl (C=O) groups is 1. The van der Waals surface area contributed by atoms with Crippen LogP contribution in [0.2, 0.25) is 0 Å². The molecule has 3 rings (SSSR count). The van der Waals surface area contributed by atoms with Crippen molar-refractivity contribution in [3.63, 3.8) is 0 Å². The lowest BCUT2D eigenvalue weighted by molar-refractivity contribution is -0.206. The van der Waals surface area contributed by atoms with Crippen LogP contribution in [0.4, 0.5) is 33.7 Å². The fourth-order valence-electron chi connectivity index (χ4n) is 4.10. The molecule has 2 N–H and O–H groups in total. The Hall–Kier alpha value is -3.09. The third-order valence-corrected chi connectivity index (χ3v) is 6.25. The first-order valence-electron chi connectivity index (χ1n) is 12.6. The van der Waals surface area contributed by atoms with Gasteiger partial charge in [0.05, 0.1) is 11.3 Å². The number of nitrogens with one attached hydrogen (secondary N) is 2. The lowest BCUT2D eigenvalue weighted by atomic mass is 9.92. The molecule has 2 aromatic heterocycles. The maximum absolute atomic E-state index is 13.8. The molecule has 0 aliphatic heterocycles. The number of halogens is 5. The highest BCUT2D eigenvalue weighted by atomic mass is 19.4. The van der Waals surface area contributed by atoms with E-state index >= 15 is 0 Å². The molecular weight excluding hydrogens is 511 g/mol. The number of ether oxygens (including phenoxy) is 1. The van der Waals surface area contributed by atoms with Crippen molar-refractivity contribution in [3.05, 3.63) is 30.1 Å². The molecule has 2 heterocycles. The van der Waals surface area contributed by atoms with Crippen molar-refractivity contribution in [2.45, 2.75) is 70.1 Å². The first-order chi connectivity index (χ1) is 18.1. The average molecular weight is 545 g/mol. The highest BCUT2D eigenvalue weighted by Gasteiger charge is 2.42. The predicted molar refractivity (Wildman–Crippen MR) is 133 cm³/mol. The Morgan fingerprint density at radius 2 is 1.97 bits per heavy atom. The highest BCUT2D eigenvalue weighted by molar-refractivity contribution is 5.76. The van der Waals surface area contributed by atoms with Crippen molar-refractivity contribution in [1.29, 1.82) is 0 Å². The Bertz CT molecular complexity index is 1050. The second-order valence-corrected chi connectivity index (χ2v) is 9.34. The molecule has 1 fully saturated rings. The molecule has 1 saturated carbocycles. The van der Waals surface area contributed by atoms with Crippen LogP contribution >= 0.6 is 0 Å². The Balaban J connectivity index is 1.77. The molecule has 1 aliphatic carbocycles. The van der Waals surface area contributed by atoms with E-state index in [2.05, 4.69) is 30.3 Å². The quantitative estimate of drug-likeness (QED) is 0.287. The van der Waals surface area contributed by atoms with Crippen molar-refractivity contribution in [3.8, 4) is 11.3 Å². The Morgan fingerprint density at radius 1 is 1.24 bits per heavy atom. The van der Waals surface area contributed by atoms with Gasteiger partial charge < -0.3 is 15.4 Å². The molecule has 0 unspecified atom stereocenters. The van der Waals surface area contributed by atoms with Crippen LogP contribution < -0.4 is 10.6 Å². The van der Waals surface area contributed by atoms with Crippen molar-refractivity contribution in [2.24, 2.45) is 0 Å². The molecule has 0 saturated heterocycles. The van der Waals surface area contributed by atoms with Gasteiger partial charge in [0, 0.05) is 38.1 Å². The first-order valence-corrected chi connectivity index (χ1v) is 12.6.